The Balaban J connectivity index is 1.96. The Labute approximate surface area is 184 Å². The average molecular weight is 467 g/mol. The van der Waals surface area contributed by atoms with Crippen LogP contribution in [-0.4, -0.2) is 29.1 Å². The molecule has 1 aromatic heterocycles. The van der Waals surface area contributed by atoms with E-state index in [4.69, 9.17) is 26.2 Å². The quantitative estimate of drug-likeness (QED) is 0.497. The number of methoxy groups -OCH3 is 1. The maximum absolute atomic E-state index is 13.2. The third-order valence-corrected chi connectivity index (χ3v) is 4.45. The molecule has 2 N–H and O–H groups in total. The van der Waals surface area contributed by atoms with Crippen molar-refractivity contribution < 1.29 is 37.3 Å². The molecule has 0 spiro atoms. The van der Waals surface area contributed by atoms with Gasteiger partial charge in [-0.05, 0) is 42.5 Å². The molecule has 0 saturated heterocycles. The number of hydrogen-bond acceptors (Lipinski definition) is 5. The lowest BCUT2D eigenvalue weighted by Crippen LogP contribution is -2.15. The predicted molar refractivity (Wildman–Crippen MR) is 109 cm³/mol. The molecule has 0 bridgehead atoms. The third kappa shape index (κ3) is 5.27. The van der Waals surface area contributed by atoms with E-state index in [2.05, 4.69) is 10.3 Å². The number of hydrogen-bond donors (Lipinski definition) is 2. The fourth-order valence-corrected chi connectivity index (χ4v) is 2.78. The Hall–Kier alpha value is -3.79. The zero-order valence-corrected chi connectivity index (χ0v) is 17.0. The van der Waals surface area contributed by atoms with E-state index < -0.39 is 29.2 Å². The summed E-state index contributed by atoms with van der Waals surface area (Å²) >= 11 is 6.12. The van der Waals surface area contributed by atoms with Crippen molar-refractivity contribution in [2.24, 2.45) is 0 Å². The number of amides is 1. The number of carboxylic acid groups (broad SMARTS) is 1. The summed E-state index contributed by atoms with van der Waals surface area (Å²) in [5.41, 5.74) is -1.67. The molecular weight excluding hydrogens is 453 g/mol. The second-order valence-electron chi connectivity index (χ2n) is 6.30. The molecule has 0 aliphatic heterocycles. The minimum atomic E-state index is -4.70. The lowest BCUT2D eigenvalue weighted by Gasteiger charge is -2.15. The van der Waals surface area contributed by atoms with Crippen LogP contribution < -0.4 is 14.8 Å². The molecule has 7 nitrogen and oxygen atoms in total. The number of nitrogens with one attached hydrogen (secondary N) is 1. The highest BCUT2D eigenvalue weighted by Gasteiger charge is 2.32. The van der Waals surface area contributed by atoms with Gasteiger partial charge in [0.2, 0.25) is 0 Å². The molecule has 32 heavy (non-hydrogen) atoms. The molecule has 166 valence electrons. The molecule has 0 saturated carbocycles. The number of pyridine rings is 1. The van der Waals surface area contributed by atoms with Gasteiger partial charge in [0, 0.05) is 6.07 Å². The number of halogens is 4. The van der Waals surface area contributed by atoms with Crippen LogP contribution in [0.5, 0.6) is 17.2 Å². The summed E-state index contributed by atoms with van der Waals surface area (Å²) in [6, 6.07) is 9.21. The van der Waals surface area contributed by atoms with Gasteiger partial charge in [-0.15, -0.1) is 0 Å². The molecular formula is C21H14ClF3N2O5. The fraction of sp³-hybridized carbons (Fsp3) is 0.0952. The lowest BCUT2D eigenvalue weighted by atomic mass is 10.1. The molecule has 1 heterocycles. The van der Waals surface area contributed by atoms with Gasteiger partial charge in [-0.2, -0.15) is 13.2 Å². The molecule has 0 aliphatic carbocycles. The van der Waals surface area contributed by atoms with Crippen LogP contribution in [0.15, 0.2) is 54.7 Å². The van der Waals surface area contributed by atoms with E-state index in [1.54, 1.807) is 0 Å². The van der Waals surface area contributed by atoms with E-state index in [9.17, 15) is 22.8 Å². The number of carbonyl (C=O) groups excluding carboxylic acids is 1. The molecule has 0 aliphatic rings. The Morgan fingerprint density at radius 2 is 1.78 bits per heavy atom. The third-order valence-electron chi connectivity index (χ3n) is 4.15. The lowest BCUT2D eigenvalue weighted by molar-refractivity contribution is -0.137. The van der Waals surface area contributed by atoms with Crippen molar-refractivity contribution in [1.29, 1.82) is 0 Å². The molecule has 2 aromatic carbocycles. The van der Waals surface area contributed by atoms with Crippen molar-refractivity contribution in [2.45, 2.75) is 6.18 Å². The first kappa shape index (κ1) is 22.9. The maximum Gasteiger partial charge on any atom is 0.416 e. The minimum absolute atomic E-state index is 0.0749. The van der Waals surface area contributed by atoms with Gasteiger partial charge >= 0.3 is 12.1 Å². The molecule has 0 radical (unpaired) electrons. The van der Waals surface area contributed by atoms with Gasteiger partial charge in [-0.3, -0.25) is 4.79 Å². The van der Waals surface area contributed by atoms with E-state index in [0.717, 1.165) is 24.4 Å². The highest BCUT2D eigenvalue weighted by atomic mass is 35.5. The number of nitrogens with zero attached hydrogens (tertiary/aromatic N) is 1. The first-order valence-corrected chi connectivity index (χ1v) is 9.19. The van der Waals surface area contributed by atoms with Crippen molar-refractivity contribution >= 4 is 29.2 Å². The molecule has 0 atom stereocenters. The Kier molecular flexibility index (Phi) is 6.54. The number of anilines is 1. The number of ether oxygens (including phenoxy) is 2. The van der Waals surface area contributed by atoms with Crippen LogP contribution in [0.3, 0.4) is 0 Å². The fourth-order valence-electron chi connectivity index (χ4n) is 2.58. The van der Waals surface area contributed by atoms with E-state index in [-0.39, 0.29) is 27.9 Å². The highest BCUT2D eigenvalue weighted by molar-refractivity contribution is 6.32. The van der Waals surface area contributed by atoms with Crippen molar-refractivity contribution in [3.8, 4) is 17.2 Å². The van der Waals surface area contributed by atoms with Gasteiger partial charge in [-0.25, -0.2) is 9.78 Å². The first-order chi connectivity index (χ1) is 15.1. The van der Waals surface area contributed by atoms with Crippen molar-refractivity contribution in [3.63, 3.8) is 0 Å². The molecule has 11 heteroatoms. The summed E-state index contributed by atoms with van der Waals surface area (Å²) in [5.74, 6) is -1.86. The molecule has 0 fully saturated rings. The average Bonchev–Trinajstić information content (AvgIpc) is 2.74. The SMILES string of the molecule is COc1ccc(Oc2ccc(C(F)(F)F)cc2C(=O)Nc2ccc(C(=O)O)nc2)c(Cl)c1. The maximum atomic E-state index is 13.2. The number of alkyl halides is 3. The van der Waals surface area contributed by atoms with Crippen LogP contribution >= 0.6 is 11.6 Å². The number of benzene rings is 2. The van der Waals surface area contributed by atoms with Gasteiger partial charge in [0.1, 0.15) is 22.9 Å². The summed E-state index contributed by atoms with van der Waals surface area (Å²) < 4.78 is 50.3. The van der Waals surface area contributed by atoms with E-state index in [0.29, 0.717) is 11.8 Å². The summed E-state index contributed by atoms with van der Waals surface area (Å²) in [7, 11) is 1.43. The van der Waals surface area contributed by atoms with Crippen LogP contribution in [0.4, 0.5) is 18.9 Å². The van der Waals surface area contributed by atoms with Crippen molar-refractivity contribution in [3.05, 3.63) is 76.6 Å². The van der Waals surface area contributed by atoms with Crippen molar-refractivity contribution in [1.82, 2.24) is 4.98 Å². The predicted octanol–water partition coefficient (Wildman–Crippen LogP) is 5.51. The standard InChI is InChI=1S/C21H14ClF3N2O5/c1-31-13-4-7-18(15(22)9-13)32-17-6-2-11(21(23,24)25)8-14(17)19(28)27-12-3-5-16(20(29)30)26-10-12/h2-10H,1H3,(H,27,28)(H,29,30). The number of carboxylic acids is 1. The summed E-state index contributed by atoms with van der Waals surface area (Å²) in [4.78, 5) is 27.3. The summed E-state index contributed by atoms with van der Waals surface area (Å²) in [6.45, 7) is 0. The summed E-state index contributed by atoms with van der Waals surface area (Å²) in [5, 5.41) is 11.4. The van der Waals surface area contributed by atoms with Gasteiger partial charge in [-0.1, -0.05) is 11.6 Å². The van der Waals surface area contributed by atoms with Gasteiger partial charge in [0.05, 0.1) is 35.1 Å². The first-order valence-electron chi connectivity index (χ1n) is 8.82. The topological polar surface area (TPSA) is 97.8 Å². The smallest absolute Gasteiger partial charge is 0.416 e. The minimum Gasteiger partial charge on any atom is -0.497 e. The highest BCUT2D eigenvalue weighted by Crippen LogP contribution is 2.37. The normalized spacial score (nSPS) is 11.0. The second-order valence-corrected chi connectivity index (χ2v) is 6.71. The Morgan fingerprint density at radius 1 is 1.06 bits per heavy atom. The van der Waals surface area contributed by atoms with Crippen LogP contribution in [0.1, 0.15) is 26.4 Å². The van der Waals surface area contributed by atoms with Crippen LogP contribution in [0, 0.1) is 0 Å². The Morgan fingerprint density at radius 3 is 2.34 bits per heavy atom. The zero-order chi connectivity index (χ0) is 23.5. The van der Waals surface area contributed by atoms with E-state index in [1.165, 1.54) is 31.4 Å². The number of carbonyl (C=O) groups is 2. The molecule has 1 amide bonds. The van der Waals surface area contributed by atoms with E-state index in [1.807, 2.05) is 0 Å². The zero-order valence-electron chi connectivity index (χ0n) is 16.2. The number of aromatic nitrogens is 1. The largest absolute Gasteiger partial charge is 0.497 e. The number of rotatable bonds is 6. The molecule has 3 rings (SSSR count). The van der Waals surface area contributed by atoms with Crippen LogP contribution in [0.25, 0.3) is 0 Å². The monoisotopic (exact) mass is 466 g/mol. The molecule has 0 unspecified atom stereocenters. The number of aromatic carboxylic acids is 1. The van der Waals surface area contributed by atoms with Gasteiger partial charge in [0.25, 0.3) is 5.91 Å². The van der Waals surface area contributed by atoms with E-state index >= 15 is 0 Å². The summed E-state index contributed by atoms with van der Waals surface area (Å²) in [6.07, 6.45) is -3.63. The second kappa shape index (κ2) is 9.15. The van der Waals surface area contributed by atoms with Crippen LogP contribution in [0.2, 0.25) is 5.02 Å². The van der Waals surface area contributed by atoms with Crippen LogP contribution in [-0.2, 0) is 6.18 Å². The Bertz CT molecular complexity index is 1170. The molecule has 3 aromatic rings. The van der Waals surface area contributed by atoms with Gasteiger partial charge in [0.15, 0.2) is 0 Å². The van der Waals surface area contributed by atoms with Crippen molar-refractivity contribution in [2.75, 3.05) is 12.4 Å². The van der Waals surface area contributed by atoms with Gasteiger partial charge < -0.3 is 19.9 Å².